The first-order chi connectivity index (χ1) is 8.72. The van der Waals surface area contributed by atoms with Gasteiger partial charge in [-0.1, -0.05) is 0 Å². The van der Waals surface area contributed by atoms with Gasteiger partial charge in [0.05, 0.1) is 13.0 Å². The van der Waals surface area contributed by atoms with Gasteiger partial charge in [0.15, 0.2) is 0 Å². The van der Waals surface area contributed by atoms with Crippen LogP contribution in [0.3, 0.4) is 0 Å². The molecule has 2 rings (SSSR count). The summed E-state index contributed by atoms with van der Waals surface area (Å²) in [5.74, 6) is 0.132. The van der Waals surface area contributed by atoms with Crippen molar-refractivity contribution in [2.75, 3.05) is 13.4 Å². The van der Waals surface area contributed by atoms with Gasteiger partial charge in [-0.3, -0.25) is 4.79 Å². The van der Waals surface area contributed by atoms with Crippen molar-refractivity contribution in [2.45, 2.75) is 62.3 Å². The number of ether oxygens (including phenoxy) is 1. The summed E-state index contributed by atoms with van der Waals surface area (Å²) in [5.41, 5.74) is 0. The lowest BCUT2D eigenvalue weighted by Crippen LogP contribution is -2.40. The second-order valence-electron chi connectivity index (χ2n) is 5.61. The zero-order valence-corrected chi connectivity index (χ0v) is 12.3. The Morgan fingerprint density at radius 2 is 1.78 bits per heavy atom. The predicted octanol–water partition coefficient (Wildman–Crippen LogP) is 2.59. The number of carbonyl (C=O) groups excluding carboxylic acids is 1. The number of esters is 1. The minimum atomic E-state index is -0.0169. The molecule has 0 aromatic carbocycles. The van der Waals surface area contributed by atoms with Crippen LogP contribution in [0.4, 0.5) is 0 Å². The first-order valence-electron chi connectivity index (χ1n) is 7.09. The summed E-state index contributed by atoms with van der Waals surface area (Å²) in [5, 5.41) is 4.65. The van der Waals surface area contributed by atoms with E-state index in [9.17, 15) is 4.79 Å². The molecule has 0 radical (unpaired) electrons. The molecule has 2 unspecified atom stereocenters. The van der Waals surface area contributed by atoms with Gasteiger partial charge in [0.2, 0.25) is 0 Å². The van der Waals surface area contributed by atoms with Crippen LogP contribution in [0.15, 0.2) is 0 Å². The third-order valence-electron chi connectivity index (χ3n) is 4.45. The minimum absolute atomic E-state index is 0.0169. The van der Waals surface area contributed by atoms with Gasteiger partial charge in [0.25, 0.3) is 0 Å². The van der Waals surface area contributed by atoms with Crippen LogP contribution in [-0.2, 0) is 9.53 Å². The van der Waals surface area contributed by atoms with Crippen molar-refractivity contribution in [1.29, 1.82) is 0 Å². The molecule has 0 amide bonds. The normalized spacial score (nSPS) is 36.6. The molecule has 2 aliphatic rings. The maximum Gasteiger partial charge on any atom is 0.308 e. The van der Waals surface area contributed by atoms with Crippen molar-refractivity contribution < 1.29 is 9.53 Å². The maximum absolute atomic E-state index is 11.5. The van der Waals surface area contributed by atoms with Crippen molar-refractivity contribution >= 4 is 17.7 Å². The molecule has 0 aromatic rings. The monoisotopic (exact) mass is 271 g/mol. The molecule has 0 saturated heterocycles. The van der Waals surface area contributed by atoms with Crippen LogP contribution in [0.5, 0.6) is 0 Å². The van der Waals surface area contributed by atoms with E-state index in [0.29, 0.717) is 12.1 Å². The lowest BCUT2D eigenvalue weighted by Gasteiger charge is -2.30. The number of thioether (sulfide) groups is 1. The highest BCUT2D eigenvalue weighted by atomic mass is 32.2. The Bertz CT molecular complexity index is 277. The Morgan fingerprint density at radius 3 is 2.33 bits per heavy atom. The van der Waals surface area contributed by atoms with E-state index in [1.165, 1.54) is 26.4 Å². The van der Waals surface area contributed by atoms with Crippen LogP contribution in [-0.4, -0.2) is 36.7 Å². The summed E-state index contributed by atoms with van der Waals surface area (Å²) >= 11 is 2.00. The average Bonchev–Trinajstić information content (AvgIpc) is 2.86. The van der Waals surface area contributed by atoms with Crippen LogP contribution in [0.25, 0.3) is 0 Å². The first kappa shape index (κ1) is 14.2. The summed E-state index contributed by atoms with van der Waals surface area (Å²) in [7, 11) is 1.49. The van der Waals surface area contributed by atoms with Crippen molar-refractivity contribution in [1.82, 2.24) is 5.32 Å². The molecule has 4 heteroatoms. The summed E-state index contributed by atoms with van der Waals surface area (Å²) < 4.78 is 4.82. The molecule has 0 aromatic heterocycles. The SMILES string of the molecule is COC(=O)C1CCC(NC2CCC(SC)C2)CC1. The number of nitrogens with one attached hydrogen (secondary N) is 1. The van der Waals surface area contributed by atoms with Crippen molar-refractivity contribution in [3.63, 3.8) is 0 Å². The van der Waals surface area contributed by atoms with Gasteiger partial charge in [0, 0.05) is 17.3 Å². The fourth-order valence-electron chi connectivity index (χ4n) is 3.30. The zero-order chi connectivity index (χ0) is 13.0. The smallest absolute Gasteiger partial charge is 0.308 e. The Kier molecular flexibility index (Phi) is 5.37. The lowest BCUT2D eigenvalue weighted by atomic mass is 9.85. The summed E-state index contributed by atoms with van der Waals surface area (Å²) in [6, 6.07) is 1.33. The quantitative estimate of drug-likeness (QED) is 0.798. The van der Waals surface area contributed by atoms with Crippen molar-refractivity contribution in [3.8, 4) is 0 Å². The third kappa shape index (κ3) is 3.64. The first-order valence-corrected chi connectivity index (χ1v) is 8.38. The molecule has 18 heavy (non-hydrogen) atoms. The van der Waals surface area contributed by atoms with Crippen LogP contribution >= 0.6 is 11.8 Å². The van der Waals surface area contributed by atoms with Gasteiger partial charge in [-0.25, -0.2) is 0 Å². The second kappa shape index (κ2) is 6.80. The van der Waals surface area contributed by atoms with Crippen LogP contribution in [0, 0.1) is 5.92 Å². The molecule has 104 valence electrons. The highest BCUT2D eigenvalue weighted by Gasteiger charge is 2.30. The van der Waals surface area contributed by atoms with E-state index in [1.54, 1.807) is 0 Å². The molecule has 2 saturated carbocycles. The van der Waals surface area contributed by atoms with Gasteiger partial charge in [0.1, 0.15) is 0 Å². The van der Waals surface area contributed by atoms with Gasteiger partial charge < -0.3 is 10.1 Å². The molecule has 1 N–H and O–H groups in total. The van der Waals surface area contributed by atoms with Crippen LogP contribution < -0.4 is 5.32 Å². The van der Waals surface area contributed by atoms with E-state index in [0.717, 1.165) is 30.9 Å². The molecule has 3 nitrogen and oxygen atoms in total. The Morgan fingerprint density at radius 1 is 1.11 bits per heavy atom. The van der Waals surface area contributed by atoms with Crippen LogP contribution in [0.2, 0.25) is 0 Å². The van der Waals surface area contributed by atoms with Gasteiger partial charge in [-0.15, -0.1) is 0 Å². The number of hydrogen-bond donors (Lipinski definition) is 1. The predicted molar refractivity (Wildman–Crippen MR) is 75.8 cm³/mol. The largest absolute Gasteiger partial charge is 0.469 e. The number of rotatable bonds is 4. The van der Waals surface area contributed by atoms with E-state index in [-0.39, 0.29) is 11.9 Å². The second-order valence-corrected chi connectivity index (χ2v) is 6.74. The van der Waals surface area contributed by atoms with Crippen molar-refractivity contribution in [3.05, 3.63) is 0 Å². The standard InChI is InChI=1S/C14H25NO2S/c1-17-14(16)10-3-5-11(6-4-10)15-12-7-8-13(9-12)18-2/h10-13,15H,3-9H2,1-2H3. The summed E-state index contributed by atoms with van der Waals surface area (Å²) in [6.07, 6.45) is 10.4. The summed E-state index contributed by atoms with van der Waals surface area (Å²) in [6.45, 7) is 0. The minimum Gasteiger partial charge on any atom is -0.469 e. The molecule has 0 heterocycles. The highest BCUT2D eigenvalue weighted by Crippen LogP contribution is 2.31. The van der Waals surface area contributed by atoms with Crippen molar-refractivity contribution in [2.24, 2.45) is 5.92 Å². The van der Waals surface area contributed by atoms with E-state index in [2.05, 4.69) is 11.6 Å². The zero-order valence-electron chi connectivity index (χ0n) is 11.5. The Balaban J connectivity index is 1.69. The number of methoxy groups -OCH3 is 1. The van der Waals surface area contributed by atoms with E-state index in [1.807, 2.05) is 11.8 Å². The molecule has 2 aliphatic carbocycles. The fraction of sp³-hybridized carbons (Fsp3) is 0.929. The fourth-order valence-corrected chi connectivity index (χ4v) is 4.10. The number of carbonyl (C=O) groups is 1. The molecular weight excluding hydrogens is 246 g/mol. The Hall–Kier alpha value is -0.220. The topological polar surface area (TPSA) is 38.3 Å². The molecular formula is C14H25NO2S. The van der Waals surface area contributed by atoms with Crippen LogP contribution in [0.1, 0.15) is 44.9 Å². The molecule has 2 atom stereocenters. The van der Waals surface area contributed by atoms with Gasteiger partial charge in [-0.2, -0.15) is 11.8 Å². The van der Waals surface area contributed by atoms with E-state index in [4.69, 9.17) is 4.74 Å². The Labute approximate surface area is 114 Å². The highest BCUT2D eigenvalue weighted by molar-refractivity contribution is 7.99. The molecule has 0 spiro atoms. The lowest BCUT2D eigenvalue weighted by molar-refractivity contribution is -0.146. The van der Waals surface area contributed by atoms with Gasteiger partial charge >= 0.3 is 5.97 Å². The third-order valence-corrected chi connectivity index (χ3v) is 5.55. The van der Waals surface area contributed by atoms with E-state index < -0.39 is 0 Å². The van der Waals surface area contributed by atoms with Gasteiger partial charge in [-0.05, 0) is 51.2 Å². The molecule has 0 aliphatic heterocycles. The average molecular weight is 271 g/mol. The molecule has 2 fully saturated rings. The maximum atomic E-state index is 11.5. The van der Waals surface area contributed by atoms with E-state index >= 15 is 0 Å². The number of hydrogen-bond acceptors (Lipinski definition) is 4. The molecule has 0 bridgehead atoms. The summed E-state index contributed by atoms with van der Waals surface area (Å²) in [4.78, 5) is 11.5.